The van der Waals surface area contributed by atoms with Crippen molar-refractivity contribution in [3.05, 3.63) is 12.2 Å². The number of hydrogen-bond donors (Lipinski definition) is 1. The van der Waals surface area contributed by atoms with Crippen LogP contribution in [0, 0.1) is 0 Å². The van der Waals surface area contributed by atoms with Crippen molar-refractivity contribution in [2.24, 2.45) is 0 Å². The highest BCUT2D eigenvalue weighted by molar-refractivity contribution is 8.01. The molecule has 1 atom stereocenters. The Balaban J connectivity index is 2.24. The van der Waals surface area contributed by atoms with Gasteiger partial charge in [0.2, 0.25) is 0 Å². The molecule has 0 saturated carbocycles. The fraction of sp³-hybridized carbons (Fsp3) is 0.727. The average Bonchev–Trinajstić information content (AvgIpc) is 2.87. The van der Waals surface area contributed by atoms with E-state index >= 15 is 0 Å². The van der Waals surface area contributed by atoms with Crippen LogP contribution in [-0.4, -0.2) is 36.3 Å². The summed E-state index contributed by atoms with van der Waals surface area (Å²) >= 11 is 1.54. The molecule has 1 aliphatic heterocycles. The van der Waals surface area contributed by atoms with Gasteiger partial charge in [0.1, 0.15) is 16.9 Å². The number of aromatic nitrogens is 3. The lowest BCUT2D eigenvalue weighted by atomic mass is 9.99. The lowest BCUT2D eigenvalue weighted by Gasteiger charge is -2.23. The molecule has 0 amide bonds. The van der Waals surface area contributed by atoms with E-state index < -0.39 is 10.7 Å². The highest BCUT2D eigenvalue weighted by Crippen LogP contribution is 2.40. The molecule has 1 aromatic rings. The van der Waals surface area contributed by atoms with E-state index in [9.17, 15) is 9.90 Å². The largest absolute Gasteiger partial charge is 0.480 e. The first-order chi connectivity index (χ1) is 8.05. The number of hydrogen-bond acceptors (Lipinski definition) is 4. The highest BCUT2D eigenvalue weighted by Gasteiger charge is 2.43. The van der Waals surface area contributed by atoms with E-state index in [-0.39, 0.29) is 6.04 Å². The van der Waals surface area contributed by atoms with Gasteiger partial charge < -0.3 is 5.11 Å². The quantitative estimate of drug-likeness (QED) is 0.887. The minimum atomic E-state index is -0.724. The van der Waals surface area contributed by atoms with Gasteiger partial charge in [0.25, 0.3) is 0 Å². The van der Waals surface area contributed by atoms with E-state index in [2.05, 4.69) is 10.1 Å². The predicted molar refractivity (Wildman–Crippen MR) is 66.2 cm³/mol. The molecule has 1 aliphatic rings. The van der Waals surface area contributed by atoms with E-state index in [1.165, 1.54) is 18.1 Å². The molecular weight excluding hydrogens is 238 g/mol. The summed E-state index contributed by atoms with van der Waals surface area (Å²) in [6.45, 7) is 4.04. The Bertz CT molecular complexity index is 411. The van der Waals surface area contributed by atoms with Gasteiger partial charge in [-0.1, -0.05) is 0 Å². The zero-order valence-electron chi connectivity index (χ0n) is 10.1. The molecule has 2 rings (SSSR count). The van der Waals surface area contributed by atoms with Crippen molar-refractivity contribution >= 4 is 17.7 Å². The Morgan fingerprint density at radius 3 is 3.00 bits per heavy atom. The van der Waals surface area contributed by atoms with Gasteiger partial charge in [-0.15, -0.1) is 11.8 Å². The Morgan fingerprint density at radius 1 is 1.71 bits per heavy atom. The highest BCUT2D eigenvalue weighted by atomic mass is 32.2. The molecule has 1 saturated heterocycles. The summed E-state index contributed by atoms with van der Waals surface area (Å²) in [7, 11) is 0. The number of nitrogens with zero attached hydrogens (tertiary/aromatic N) is 3. The molecule has 1 unspecified atom stereocenters. The van der Waals surface area contributed by atoms with Crippen LogP contribution in [0.5, 0.6) is 0 Å². The van der Waals surface area contributed by atoms with E-state index in [0.29, 0.717) is 6.42 Å². The molecule has 17 heavy (non-hydrogen) atoms. The van der Waals surface area contributed by atoms with Crippen LogP contribution in [0.2, 0.25) is 0 Å². The lowest BCUT2D eigenvalue weighted by molar-refractivity contribution is -0.140. The summed E-state index contributed by atoms with van der Waals surface area (Å²) in [6.07, 6.45) is 3.65. The number of carboxylic acid groups (broad SMARTS) is 1. The van der Waals surface area contributed by atoms with Crippen molar-refractivity contribution in [1.82, 2.24) is 14.8 Å². The zero-order valence-corrected chi connectivity index (χ0v) is 10.9. The van der Waals surface area contributed by atoms with Crippen LogP contribution in [-0.2, 0) is 11.2 Å². The SMILES string of the molecule is CC(C)n1ncnc1CC1(C(=O)O)CCCS1. The summed E-state index contributed by atoms with van der Waals surface area (Å²) in [4.78, 5) is 15.7. The Labute approximate surface area is 105 Å². The van der Waals surface area contributed by atoms with Crippen LogP contribution < -0.4 is 0 Å². The van der Waals surface area contributed by atoms with Crippen LogP contribution in [0.25, 0.3) is 0 Å². The second-order valence-electron chi connectivity index (χ2n) is 4.64. The third-order valence-electron chi connectivity index (χ3n) is 3.07. The summed E-state index contributed by atoms with van der Waals surface area (Å²) in [6, 6.07) is 0.213. The molecular formula is C11H17N3O2S. The maximum absolute atomic E-state index is 11.5. The third-order valence-corrected chi connectivity index (χ3v) is 4.64. The molecule has 0 spiro atoms. The zero-order chi connectivity index (χ0) is 12.5. The normalized spacial score (nSPS) is 24.4. The van der Waals surface area contributed by atoms with Gasteiger partial charge in [-0.25, -0.2) is 9.67 Å². The second kappa shape index (κ2) is 4.68. The first kappa shape index (κ1) is 12.4. The van der Waals surface area contributed by atoms with Gasteiger partial charge in [0.15, 0.2) is 0 Å². The Kier molecular flexibility index (Phi) is 3.42. The van der Waals surface area contributed by atoms with Gasteiger partial charge >= 0.3 is 5.97 Å². The lowest BCUT2D eigenvalue weighted by Crippen LogP contribution is -2.36. The third kappa shape index (κ3) is 2.31. The topological polar surface area (TPSA) is 68.0 Å². The number of rotatable bonds is 4. The molecule has 0 radical (unpaired) electrons. The van der Waals surface area contributed by atoms with Crippen molar-refractivity contribution in [3.63, 3.8) is 0 Å². The molecule has 5 nitrogen and oxygen atoms in total. The van der Waals surface area contributed by atoms with E-state index in [0.717, 1.165) is 24.4 Å². The Hall–Kier alpha value is -1.04. The standard InChI is InChI=1S/C11H17N3O2S/c1-8(2)14-9(12-7-13-14)6-11(10(15)16)4-3-5-17-11/h7-8H,3-6H2,1-2H3,(H,15,16). The van der Waals surface area contributed by atoms with Gasteiger partial charge in [0.05, 0.1) is 0 Å². The summed E-state index contributed by atoms with van der Waals surface area (Å²) in [5, 5.41) is 13.6. The Morgan fingerprint density at radius 2 is 2.47 bits per heavy atom. The molecule has 0 bridgehead atoms. The second-order valence-corrected chi connectivity index (χ2v) is 6.12. The van der Waals surface area contributed by atoms with Gasteiger partial charge in [-0.2, -0.15) is 5.10 Å². The molecule has 6 heteroatoms. The van der Waals surface area contributed by atoms with Crippen LogP contribution in [0.1, 0.15) is 38.6 Å². The van der Waals surface area contributed by atoms with Crippen molar-refractivity contribution in [2.45, 2.75) is 43.9 Å². The fourth-order valence-corrected chi connectivity index (χ4v) is 3.49. The van der Waals surface area contributed by atoms with E-state index in [1.807, 2.05) is 18.5 Å². The molecule has 1 aromatic heterocycles. The molecule has 1 N–H and O–H groups in total. The molecule has 0 aromatic carbocycles. The smallest absolute Gasteiger partial charge is 0.320 e. The first-order valence-electron chi connectivity index (χ1n) is 5.81. The minimum Gasteiger partial charge on any atom is -0.480 e. The maximum Gasteiger partial charge on any atom is 0.320 e. The molecule has 0 aliphatic carbocycles. The molecule has 2 heterocycles. The first-order valence-corrected chi connectivity index (χ1v) is 6.79. The summed E-state index contributed by atoms with van der Waals surface area (Å²) < 4.78 is 1.11. The summed E-state index contributed by atoms with van der Waals surface area (Å²) in [5.74, 6) is 0.970. The predicted octanol–water partition coefficient (Wildman–Crippen LogP) is 1.75. The van der Waals surface area contributed by atoms with Gasteiger partial charge in [-0.3, -0.25) is 4.79 Å². The number of thioether (sulfide) groups is 1. The molecule has 94 valence electrons. The van der Waals surface area contributed by atoms with Crippen LogP contribution in [0.15, 0.2) is 6.33 Å². The van der Waals surface area contributed by atoms with Crippen LogP contribution in [0.3, 0.4) is 0 Å². The van der Waals surface area contributed by atoms with E-state index in [4.69, 9.17) is 0 Å². The average molecular weight is 255 g/mol. The van der Waals surface area contributed by atoms with Gasteiger partial charge in [-0.05, 0) is 32.4 Å². The van der Waals surface area contributed by atoms with Crippen LogP contribution >= 0.6 is 11.8 Å². The van der Waals surface area contributed by atoms with Crippen molar-refractivity contribution in [3.8, 4) is 0 Å². The van der Waals surface area contributed by atoms with Crippen LogP contribution in [0.4, 0.5) is 0 Å². The fourth-order valence-electron chi connectivity index (χ4n) is 2.17. The maximum atomic E-state index is 11.5. The number of carbonyl (C=O) groups is 1. The monoisotopic (exact) mass is 255 g/mol. The van der Waals surface area contributed by atoms with E-state index in [1.54, 1.807) is 0 Å². The number of aliphatic carboxylic acids is 1. The molecule has 1 fully saturated rings. The van der Waals surface area contributed by atoms with Gasteiger partial charge in [0, 0.05) is 12.5 Å². The summed E-state index contributed by atoms with van der Waals surface area (Å²) in [5.41, 5.74) is 0. The van der Waals surface area contributed by atoms with Crippen molar-refractivity contribution in [2.75, 3.05) is 5.75 Å². The number of carboxylic acids is 1. The minimum absolute atomic E-state index is 0.213. The van der Waals surface area contributed by atoms with Crippen molar-refractivity contribution < 1.29 is 9.90 Å². The van der Waals surface area contributed by atoms with Crippen molar-refractivity contribution in [1.29, 1.82) is 0 Å².